The molecule has 0 radical (unpaired) electrons. The summed E-state index contributed by atoms with van der Waals surface area (Å²) in [6, 6.07) is 8.22. The number of aliphatic hydroxyl groups excluding tert-OH is 1. The molecule has 1 saturated carbocycles. The first-order chi connectivity index (χ1) is 20.8. The normalized spacial score (nSPS) is 20.7. The number of sulfonamides is 1. The van der Waals surface area contributed by atoms with Crippen LogP contribution in [0.5, 0.6) is 0 Å². The van der Waals surface area contributed by atoms with Gasteiger partial charge in [0.05, 0.1) is 24.1 Å². The summed E-state index contributed by atoms with van der Waals surface area (Å²) in [5.41, 5.74) is 0.979. The van der Waals surface area contributed by atoms with E-state index in [2.05, 4.69) is 15.0 Å². The van der Waals surface area contributed by atoms with Gasteiger partial charge < -0.3 is 15.3 Å². The van der Waals surface area contributed by atoms with Gasteiger partial charge in [0.1, 0.15) is 17.5 Å². The number of fused-ring (bicyclic) bond motifs is 1. The van der Waals surface area contributed by atoms with Gasteiger partial charge in [-0.05, 0) is 83.1 Å². The largest absolute Gasteiger partial charge is 0.391 e. The molecular formula is C30H37F2N7O4S. The number of benzene rings is 2. The molecule has 0 spiro atoms. The van der Waals surface area contributed by atoms with Gasteiger partial charge in [-0.2, -0.15) is 4.98 Å². The lowest BCUT2D eigenvalue weighted by molar-refractivity contribution is 0.0396. The lowest BCUT2D eigenvalue weighted by atomic mass is 9.88. The molecule has 3 aromatic rings. The molecule has 2 heterocycles. The zero-order valence-electron chi connectivity index (χ0n) is 25.0. The maximum Gasteiger partial charge on any atom is 0.330 e. The highest BCUT2D eigenvalue weighted by Crippen LogP contribution is 2.34. The Hall–Kier alpha value is -3.88. The van der Waals surface area contributed by atoms with Gasteiger partial charge in [-0.3, -0.25) is 14.5 Å². The molecule has 1 aromatic heterocycles. The Morgan fingerprint density at radius 2 is 1.84 bits per heavy atom. The molecule has 5 rings (SSSR count). The summed E-state index contributed by atoms with van der Waals surface area (Å²) < 4.78 is 55.9. The molecular weight excluding hydrogens is 592 g/mol. The molecule has 0 saturated heterocycles. The van der Waals surface area contributed by atoms with Gasteiger partial charge >= 0.3 is 6.03 Å². The number of urea groups is 1. The molecule has 1 aliphatic carbocycles. The zero-order chi connectivity index (χ0) is 31.8. The maximum absolute atomic E-state index is 15.2. The van der Waals surface area contributed by atoms with Gasteiger partial charge in [0, 0.05) is 35.6 Å². The fraction of sp³-hybridized carbons (Fsp3) is 0.433. The van der Waals surface area contributed by atoms with Crippen molar-refractivity contribution in [1.82, 2.24) is 14.9 Å². The van der Waals surface area contributed by atoms with E-state index < -0.39 is 39.5 Å². The quantitative estimate of drug-likeness (QED) is 0.319. The molecule has 11 nitrogen and oxygen atoms in total. The Kier molecular flexibility index (Phi) is 9.05. The highest BCUT2D eigenvalue weighted by atomic mass is 32.2. The van der Waals surface area contributed by atoms with Crippen LogP contribution < -0.4 is 19.8 Å². The third-order valence-corrected chi connectivity index (χ3v) is 9.17. The lowest BCUT2D eigenvalue weighted by Gasteiger charge is -2.39. The SMILES string of the molecule is CC(C)N1C(=O)N(c2ccc(NS(=O)(=O)Cc3ccc(F)cc3)c(F)c2)Cc2cnc(N[C@@H]3CC[C@H](O)[C@@H](N(C)C)C3)nc21. The molecule has 236 valence electrons. The number of nitrogens with one attached hydrogen (secondary N) is 2. The zero-order valence-corrected chi connectivity index (χ0v) is 25.9. The molecule has 3 atom stereocenters. The first kappa shape index (κ1) is 31.5. The van der Waals surface area contributed by atoms with E-state index in [1.807, 2.05) is 32.8 Å². The topological polar surface area (TPSA) is 131 Å². The standard InChI is InChI=1S/C30H37F2N7O4S/c1-18(2)39-28-20(15-33-29(35-28)34-22-9-12-27(40)26(13-22)37(3)4)16-38(30(39)41)23-10-11-25(24(32)14-23)36-44(42,43)17-19-5-7-21(31)8-6-19/h5-8,10-11,14-15,18,22,26-27,36,40H,9,12-13,16-17H2,1-4H3,(H,33,34,35)/t22-,26+,27+/m1/s1. The number of aromatic nitrogens is 2. The van der Waals surface area contributed by atoms with Gasteiger partial charge in [0.2, 0.25) is 16.0 Å². The van der Waals surface area contributed by atoms with Crippen molar-refractivity contribution in [3.05, 3.63) is 71.4 Å². The molecule has 1 fully saturated rings. The second-order valence-electron chi connectivity index (χ2n) is 11.8. The first-order valence-electron chi connectivity index (χ1n) is 14.4. The Balaban J connectivity index is 1.33. The molecule has 0 bridgehead atoms. The molecule has 2 amide bonds. The predicted molar refractivity (Wildman–Crippen MR) is 165 cm³/mol. The monoisotopic (exact) mass is 629 g/mol. The number of hydrogen-bond acceptors (Lipinski definition) is 8. The average Bonchev–Trinajstić information content (AvgIpc) is 2.95. The van der Waals surface area contributed by atoms with Crippen LogP contribution in [0.4, 0.5) is 36.7 Å². The van der Waals surface area contributed by atoms with Crippen LogP contribution in [0.25, 0.3) is 0 Å². The number of anilines is 4. The smallest absolute Gasteiger partial charge is 0.330 e. The maximum atomic E-state index is 15.2. The minimum absolute atomic E-state index is 0.0121. The van der Waals surface area contributed by atoms with Gasteiger partial charge in [-0.15, -0.1) is 0 Å². The van der Waals surface area contributed by atoms with Crippen LogP contribution in [0.1, 0.15) is 44.2 Å². The van der Waals surface area contributed by atoms with Crippen LogP contribution in [0.2, 0.25) is 0 Å². The van der Waals surface area contributed by atoms with Gasteiger partial charge in [0.15, 0.2) is 0 Å². The summed E-state index contributed by atoms with van der Waals surface area (Å²) in [6.45, 7) is 3.79. The highest BCUT2D eigenvalue weighted by molar-refractivity contribution is 7.91. The molecule has 3 N–H and O–H groups in total. The number of nitrogens with zero attached hydrogens (tertiary/aromatic N) is 5. The first-order valence-corrected chi connectivity index (χ1v) is 16.1. The van der Waals surface area contributed by atoms with E-state index in [9.17, 15) is 22.7 Å². The van der Waals surface area contributed by atoms with Crippen molar-refractivity contribution in [2.75, 3.05) is 33.9 Å². The molecule has 1 aliphatic heterocycles. The number of carbonyl (C=O) groups excluding carboxylic acids is 1. The minimum Gasteiger partial charge on any atom is -0.391 e. The summed E-state index contributed by atoms with van der Waals surface area (Å²) in [5.74, 6) is -0.962. The van der Waals surface area contributed by atoms with Crippen LogP contribution >= 0.6 is 0 Å². The number of rotatable bonds is 9. The van der Waals surface area contributed by atoms with Crippen molar-refractivity contribution in [3.63, 3.8) is 0 Å². The third-order valence-electron chi connectivity index (χ3n) is 7.93. The van der Waals surface area contributed by atoms with E-state index in [0.717, 1.165) is 31.0 Å². The summed E-state index contributed by atoms with van der Waals surface area (Å²) in [5, 5.41) is 13.7. The summed E-state index contributed by atoms with van der Waals surface area (Å²) >= 11 is 0. The van der Waals surface area contributed by atoms with Crippen molar-refractivity contribution in [2.24, 2.45) is 0 Å². The van der Waals surface area contributed by atoms with Gasteiger partial charge in [-0.25, -0.2) is 27.0 Å². The lowest BCUT2D eigenvalue weighted by Crippen LogP contribution is -2.51. The second kappa shape index (κ2) is 12.6. The van der Waals surface area contributed by atoms with E-state index in [1.54, 1.807) is 6.20 Å². The van der Waals surface area contributed by atoms with E-state index in [-0.39, 0.29) is 36.0 Å². The number of aliphatic hydroxyl groups is 1. The molecule has 0 unspecified atom stereocenters. The van der Waals surface area contributed by atoms with Crippen LogP contribution in [0, 0.1) is 11.6 Å². The van der Waals surface area contributed by atoms with Crippen molar-refractivity contribution in [2.45, 2.75) is 69.6 Å². The number of carbonyl (C=O) groups is 1. The molecule has 2 aromatic carbocycles. The fourth-order valence-electron chi connectivity index (χ4n) is 5.67. The highest BCUT2D eigenvalue weighted by Gasteiger charge is 2.36. The second-order valence-corrected chi connectivity index (χ2v) is 13.5. The number of amides is 2. The summed E-state index contributed by atoms with van der Waals surface area (Å²) in [6.07, 6.45) is 3.39. The van der Waals surface area contributed by atoms with Crippen LogP contribution in [0.15, 0.2) is 48.7 Å². The predicted octanol–water partition coefficient (Wildman–Crippen LogP) is 4.31. The minimum atomic E-state index is -4.00. The Morgan fingerprint density at radius 3 is 2.50 bits per heavy atom. The third kappa shape index (κ3) is 6.92. The van der Waals surface area contributed by atoms with Gasteiger partial charge in [0.25, 0.3) is 0 Å². The van der Waals surface area contributed by atoms with E-state index in [0.29, 0.717) is 29.3 Å². The number of likely N-dealkylation sites (N-methyl/N-ethyl adjacent to an activating group) is 1. The van der Waals surface area contributed by atoms with Crippen LogP contribution in [0.3, 0.4) is 0 Å². The van der Waals surface area contributed by atoms with Gasteiger partial charge in [-0.1, -0.05) is 12.1 Å². The number of halogens is 2. The van der Waals surface area contributed by atoms with E-state index in [1.165, 1.54) is 34.1 Å². The summed E-state index contributed by atoms with van der Waals surface area (Å²) in [4.78, 5) is 27.8. The van der Waals surface area contributed by atoms with Crippen molar-refractivity contribution < 1.29 is 27.1 Å². The number of hydrogen-bond donors (Lipinski definition) is 3. The van der Waals surface area contributed by atoms with Crippen LogP contribution in [-0.2, 0) is 22.3 Å². The van der Waals surface area contributed by atoms with Crippen molar-refractivity contribution in [1.29, 1.82) is 0 Å². The van der Waals surface area contributed by atoms with Crippen LogP contribution in [-0.4, -0.2) is 72.7 Å². The Bertz CT molecular complexity index is 1620. The Labute approximate surface area is 256 Å². The average molecular weight is 630 g/mol. The molecule has 44 heavy (non-hydrogen) atoms. The molecule has 2 aliphatic rings. The molecule has 14 heteroatoms. The van der Waals surface area contributed by atoms with E-state index in [4.69, 9.17) is 4.98 Å². The van der Waals surface area contributed by atoms with Crippen molar-refractivity contribution >= 4 is 39.2 Å². The fourth-order valence-corrected chi connectivity index (χ4v) is 6.88. The Morgan fingerprint density at radius 1 is 1.11 bits per heavy atom. The van der Waals surface area contributed by atoms with Crippen molar-refractivity contribution in [3.8, 4) is 0 Å². The summed E-state index contributed by atoms with van der Waals surface area (Å²) in [7, 11) is -0.111. The van der Waals surface area contributed by atoms with E-state index >= 15 is 4.39 Å².